The maximum Gasteiger partial charge on any atom is 0.167 e. The molecule has 0 saturated heterocycles. The summed E-state index contributed by atoms with van der Waals surface area (Å²) in [6, 6.07) is 8.34. The zero-order valence-corrected chi connectivity index (χ0v) is 13.1. The molecule has 0 aliphatic rings. The van der Waals surface area contributed by atoms with Gasteiger partial charge in [0.25, 0.3) is 0 Å². The molecular weight excluding hydrogens is 240 g/mol. The predicted molar refractivity (Wildman–Crippen MR) is 80.5 cm³/mol. The van der Waals surface area contributed by atoms with Crippen molar-refractivity contribution >= 4 is 15.8 Å². The topological polar surface area (TPSA) is 18.5 Å². The summed E-state index contributed by atoms with van der Waals surface area (Å²) < 4.78 is 11.3. The van der Waals surface area contributed by atoms with Gasteiger partial charge in [0.15, 0.2) is 9.76 Å². The first kappa shape index (κ1) is 15.2. The zero-order chi connectivity index (χ0) is 13.4. The molecule has 100 valence electrons. The third-order valence-electron chi connectivity index (χ3n) is 2.97. The lowest BCUT2D eigenvalue weighted by atomic mass is 10.0. The smallest absolute Gasteiger partial charge is 0.167 e. The minimum Gasteiger partial charge on any atom is -0.417 e. The molecule has 1 aromatic carbocycles. The first-order valence-corrected chi connectivity index (χ1v) is 7.94. The molecular formula is C15H24O2Si. The van der Waals surface area contributed by atoms with E-state index in [4.69, 9.17) is 9.16 Å². The number of ether oxygens (including phenoxy) is 1. The Hall–Kier alpha value is -0.903. The Morgan fingerprint density at radius 1 is 1.39 bits per heavy atom. The molecule has 0 aromatic heterocycles. The summed E-state index contributed by atoms with van der Waals surface area (Å²) in [5, 5.41) is 0. The van der Waals surface area contributed by atoms with Crippen LogP contribution in [0.4, 0.5) is 0 Å². The molecule has 1 rings (SSSR count). The summed E-state index contributed by atoms with van der Waals surface area (Å²) in [7, 11) is 1.18. The normalized spacial score (nSPS) is 14.8. The van der Waals surface area contributed by atoms with Crippen LogP contribution in [0.1, 0.15) is 37.5 Å². The molecule has 0 amide bonds. The van der Waals surface area contributed by atoms with Gasteiger partial charge in [-0.15, -0.1) is 0 Å². The standard InChI is InChI=1S/C15H24O2Si/c1-5-13-9-7-8-10-14(13)15(6-2)17-18-12(3)11-16-4/h5,7-10,12,15H,1,6,11,18H2,2-4H3. The Morgan fingerprint density at radius 3 is 2.72 bits per heavy atom. The van der Waals surface area contributed by atoms with Gasteiger partial charge in [-0.05, 0) is 23.1 Å². The molecule has 0 spiro atoms. The Balaban J connectivity index is 2.68. The lowest BCUT2D eigenvalue weighted by Gasteiger charge is -2.21. The van der Waals surface area contributed by atoms with Gasteiger partial charge in [0.2, 0.25) is 0 Å². The number of methoxy groups -OCH3 is 1. The lowest BCUT2D eigenvalue weighted by Crippen LogP contribution is -2.14. The van der Waals surface area contributed by atoms with E-state index in [9.17, 15) is 0 Å². The van der Waals surface area contributed by atoms with Gasteiger partial charge >= 0.3 is 0 Å². The Kier molecular flexibility index (Phi) is 6.94. The van der Waals surface area contributed by atoms with Gasteiger partial charge in [0, 0.05) is 13.7 Å². The Morgan fingerprint density at radius 2 is 2.11 bits per heavy atom. The molecule has 3 heteroatoms. The SMILES string of the molecule is C=Cc1ccccc1C(CC)O[SiH2]C(C)COC. The molecule has 2 unspecified atom stereocenters. The first-order chi connectivity index (χ1) is 8.72. The maximum atomic E-state index is 6.15. The van der Waals surface area contributed by atoms with E-state index < -0.39 is 9.76 Å². The fourth-order valence-electron chi connectivity index (χ4n) is 2.03. The largest absolute Gasteiger partial charge is 0.417 e. The second-order valence-corrected chi connectivity index (χ2v) is 6.68. The van der Waals surface area contributed by atoms with Gasteiger partial charge in [-0.3, -0.25) is 0 Å². The summed E-state index contributed by atoms with van der Waals surface area (Å²) in [5.41, 5.74) is 2.99. The summed E-state index contributed by atoms with van der Waals surface area (Å²) in [5.74, 6) is 0. The zero-order valence-electron chi connectivity index (χ0n) is 11.7. The highest BCUT2D eigenvalue weighted by molar-refractivity contribution is 6.29. The highest BCUT2D eigenvalue weighted by Gasteiger charge is 2.14. The van der Waals surface area contributed by atoms with Crippen molar-refractivity contribution in [3.63, 3.8) is 0 Å². The fourth-order valence-corrected chi connectivity index (χ4v) is 3.34. The van der Waals surface area contributed by atoms with Crippen molar-refractivity contribution in [3.8, 4) is 0 Å². The van der Waals surface area contributed by atoms with Crippen molar-refractivity contribution in [1.29, 1.82) is 0 Å². The minimum atomic E-state index is -0.560. The van der Waals surface area contributed by atoms with Crippen LogP contribution in [0.15, 0.2) is 30.8 Å². The van der Waals surface area contributed by atoms with Crippen molar-refractivity contribution in [2.45, 2.75) is 31.9 Å². The van der Waals surface area contributed by atoms with Crippen molar-refractivity contribution in [2.75, 3.05) is 13.7 Å². The summed E-state index contributed by atoms with van der Waals surface area (Å²) in [6.45, 7) is 9.03. The molecule has 0 saturated carbocycles. The molecule has 18 heavy (non-hydrogen) atoms. The monoisotopic (exact) mass is 264 g/mol. The maximum absolute atomic E-state index is 6.15. The van der Waals surface area contributed by atoms with Crippen LogP contribution >= 0.6 is 0 Å². The predicted octanol–water partition coefficient (Wildman–Crippen LogP) is 3.34. The molecule has 0 radical (unpaired) electrons. The molecule has 0 bridgehead atoms. The van der Waals surface area contributed by atoms with Crippen LogP contribution in [0.3, 0.4) is 0 Å². The van der Waals surface area contributed by atoms with Crippen molar-refractivity contribution in [1.82, 2.24) is 0 Å². The van der Waals surface area contributed by atoms with Gasteiger partial charge in [0.1, 0.15) is 0 Å². The number of hydrogen-bond acceptors (Lipinski definition) is 2. The van der Waals surface area contributed by atoms with E-state index >= 15 is 0 Å². The van der Waals surface area contributed by atoms with Crippen LogP contribution in [0.25, 0.3) is 6.08 Å². The van der Waals surface area contributed by atoms with Gasteiger partial charge in [-0.1, -0.05) is 50.8 Å². The number of benzene rings is 1. The highest BCUT2D eigenvalue weighted by atomic mass is 28.2. The van der Waals surface area contributed by atoms with Crippen molar-refractivity contribution in [2.24, 2.45) is 0 Å². The molecule has 0 aliphatic heterocycles. The second kappa shape index (κ2) is 8.24. The summed E-state index contributed by atoms with van der Waals surface area (Å²) in [6.07, 6.45) is 3.10. The molecule has 0 fully saturated rings. The second-order valence-electron chi connectivity index (χ2n) is 4.62. The fraction of sp³-hybridized carbons (Fsp3) is 0.467. The first-order valence-electron chi connectivity index (χ1n) is 6.54. The average molecular weight is 264 g/mol. The van der Waals surface area contributed by atoms with E-state index in [1.54, 1.807) is 7.11 Å². The Bertz CT molecular complexity index is 365. The van der Waals surface area contributed by atoms with Crippen LogP contribution in [0.2, 0.25) is 5.54 Å². The Labute approximate surface area is 113 Å². The van der Waals surface area contributed by atoms with Crippen LogP contribution in [-0.2, 0) is 9.16 Å². The number of rotatable bonds is 8. The van der Waals surface area contributed by atoms with E-state index in [2.05, 4.69) is 38.6 Å². The van der Waals surface area contributed by atoms with Crippen LogP contribution in [0, 0.1) is 0 Å². The highest BCUT2D eigenvalue weighted by Crippen LogP contribution is 2.25. The lowest BCUT2D eigenvalue weighted by molar-refractivity contribution is 0.175. The molecule has 0 N–H and O–H groups in total. The van der Waals surface area contributed by atoms with Crippen LogP contribution in [-0.4, -0.2) is 23.5 Å². The summed E-state index contributed by atoms with van der Waals surface area (Å²) >= 11 is 0. The van der Waals surface area contributed by atoms with Crippen molar-refractivity contribution < 1.29 is 9.16 Å². The summed E-state index contributed by atoms with van der Waals surface area (Å²) in [4.78, 5) is 0. The van der Waals surface area contributed by atoms with E-state index in [0.29, 0.717) is 5.54 Å². The third kappa shape index (κ3) is 4.41. The van der Waals surface area contributed by atoms with E-state index in [-0.39, 0.29) is 6.10 Å². The van der Waals surface area contributed by atoms with Gasteiger partial charge < -0.3 is 9.16 Å². The quantitative estimate of drug-likeness (QED) is 0.671. The van der Waals surface area contributed by atoms with Crippen LogP contribution < -0.4 is 0 Å². The van der Waals surface area contributed by atoms with E-state index in [1.807, 2.05) is 12.1 Å². The van der Waals surface area contributed by atoms with Gasteiger partial charge in [0.05, 0.1) is 6.10 Å². The van der Waals surface area contributed by atoms with E-state index in [1.165, 1.54) is 11.1 Å². The third-order valence-corrected chi connectivity index (χ3v) is 4.37. The molecule has 0 aliphatic carbocycles. The number of hydrogen-bond donors (Lipinski definition) is 0. The van der Waals surface area contributed by atoms with Crippen LogP contribution in [0.5, 0.6) is 0 Å². The van der Waals surface area contributed by atoms with E-state index in [0.717, 1.165) is 13.0 Å². The molecule has 2 atom stereocenters. The van der Waals surface area contributed by atoms with Crippen molar-refractivity contribution in [3.05, 3.63) is 42.0 Å². The molecule has 2 nitrogen and oxygen atoms in total. The minimum absolute atomic E-state index is 0.199. The van der Waals surface area contributed by atoms with Gasteiger partial charge in [-0.2, -0.15) is 0 Å². The molecule has 1 aromatic rings. The molecule has 0 heterocycles. The van der Waals surface area contributed by atoms with Gasteiger partial charge in [-0.25, -0.2) is 0 Å². The average Bonchev–Trinajstić information content (AvgIpc) is 2.40.